The number of hydrogen-bond donors (Lipinski definition) is 2. The van der Waals surface area contributed by atoms with Gasteiger partial charge in [-0.2, -0.15) is 0 Å². The van der Waals surface area contributed by atoms with E-state index in [0.717, 1.165) is 31.9 Å². The number of ether oxygens (including phenoxy) is 1. The van der Waals surface area contributed by atoms with Crippen LogP contribution >= 0.6 is 22.6 Å². The van der Waals surface area contributed by atoms with E-state index in [1.807, 2.05) is 0 Å². The molecule has 8 nitrogen and oxygen atoms in total. The van der Waals surface area contributed by atoms with Crippen LogP contribution in [0.3, 0.4) is 0 Å². The lowest BCUT2D eigenvalue weighted by molar-refractivity contribution is -0.159. The lowest BCUT2D eigenvalue weighted by Crippen LogP contribution is -2.24. The Labute approximate surface area is 177 Å². The molecule has 3 rings (SSSR count). The molecule has 0 aliphatic carbocycles. The predicted molar refractivity (Wildman–Crippen MR) is 111 cm³/mol. The summed E-state index contributed by atoms with van der Waals surface area (Å²) in [6, 6.07) is 10.5. The minimum absolute atomic E-state index is 0.676. The van der Waals surface area contributed by atoms with Gasteiger partial charge in [-0.1, -0.05) is 30.3 Å². The van der Waals surface area contributed by atoms with Crippen molar-refractivity contribution in [2.75, 3.05) is 20.2 Å². The average molecular weight is 501 g/mol. The van der Waals surface area contributed by atoms with E-state index < -0.39 is 11.9 Å². The second-order valence-corrected chi connectivity index (χ2v) is 7.51. The van der Waals surface area contributed by atoms with Gasteiger partial charge in [-0.05, 0) is 54.5 Å². The fourth-order valence-electron chi connectivity index (χ4n) is 2.79. The van der Waals surface area contributed by atoms with Gasteiger partial charge in [0.25, 0.3) is 0 Å². The van der Waals surface area contributed by atoms with Crippen molar-refractivity contribution in [3.63, 3.8) is 0 Å². The molecule has 0 saturated heterocycles. The topological polar surface area (TPSA) is 105 Å². The maximum Gasteiger partial charge on any atom is 0.414 e. The lowest BCUT2D eigenvalue weighted by atomic mass is 10.1. The SMILES string of the molecule is CN(CCOc1nn2c(c1I)CCCC2)Cc1ccccc1.O=C(O)C(=O)O. The van der Waals surface area contributed by atoms with Crippen LogP contribution < -0.4 is 4.74 Å². The van der Waals surface area contributed by atoms with Gasteiger partial charge in [-0.15, -0.1) is 5.10 Å². The summed E-state index contributed by atoms with van der Waals surface area (Å²) < 4.78 is 9.23. The molecule has 0 atom stereocenters. The van der Waals surface area contributed by atoms with Crippen LogP contribution in [0.5, 0.6) is 5.88 Å². The number of halogens is 1. The number of aryl methyl sites for hydroxylation is 1. The maximum atomic E-state index is 9.10. The number of carboxylic acid groups (broad SMARTS) is 2. The first-order chi connectivity index (χ1) is 13.4. The minimum Gasteiger partial charge on any atom is -0.474 e. The van der Waals surface area contributed by atoms with Crippen molar-refractivity contribution in [3.8, 4) is 5.88 Å². The van der Waals surface area contributed by atoms with Crippen molar-refractivity contribution in [3.05, 3.63) is 45.2 Å². The lowest BCUT2D eigenvalue weighted by Gasteiger charge is -2.16. The quantitative estimate of drug-likeness (QED) is 0.463. The van der Waals surface area contributed by atoms with Gasteiger partial charge in [0, 0.05) is 19.6 Å². The molecule has 0 bridgehead atoms. The van der Waals surface area contributed by atoms with Gasteiger partial charge >= 0.3 is 11.9 Å². The van der Waals surface area contributed by atoms with Gasteiger partial charge in [0.1, 0.15) is 6.61 Å². The molecular formula is C19H24IN3O5. The van der Waals surface area contributed by atoms with Crippen molar-refractivity contribution in [1.82, 2.24) is 14.7 Å². The Hall–Kier alpha value is -2.14. The van der Waals surface area contributed by atoms with Crippen molar-refractivity contribution in [1.29, 1.82) is 0 Å². The number of nitrogens with zero attached hydrogens (tertiary/aromatic N) is 3. The van der Waals surface area contributed by atoms with Crippen molar-refractivity contribution >= 4 is 34.5 Å². The zero-order valence-corrected chi connectivity index (χ0v) is 17.8. The normalized spacial score (nSPS) is 12.7. The van der Waals surface area contributed by atoms with Crippen LogP contribution in [0.25, 0.3) is 0 Å². The number of aromatic nitrogens is 2. The van der Waals surface area contributed by atoms with Crippen molar-refractivity contribution in [2.45, 2.75) is 32.4 Å². The third-order valence-electron chi connectivity index (χ3n) is 4.19. The molecule has 2 N–H and O–H groups in total. The summed E-state index contributed by atoms with van der Waals surface area (Å²) in [5.74, 6) is -2.84. The molecule has 1 aliphatic rings. The van der Waals surface area contributed by atoms with Gasteiger partial charge in [-0.3, -0.25) is 9.58 Å². The van der Waals surface area contributed by atoms with E-state index in [-0.39, 0.29) is 0 Å². The Bertz CT molecular complexity index is 782. The number of rotatable bonds is 6. The van der Waals surface area contributed by atoms with E-state index in [0.29, 0.717) is 6.61 Å². The number of hydrogen-bond acceptors (Lipinski definition) is 5. The fraction of sp³-hybridized carbons (Fsp3) is 0.421. The van der Waals surface area contributed by atoms with Gasteiger partial charge < -0.3 is 14.9 Å². The van der Waals surface area contributed by atoms with E-state index in [1.165, 1.54) is 27.7 Å². The molecule has 0 unspecified atom stereocenters. The molecule has 2 heterocycles. The van der Waals surface area contributed by atoms with Crippen LogP contribution in [0.1, 0.15) is 24.1 Å². The number of benzene rings is 1. The highest BCUT2D eigenvalue weighted by molar-refractivity contribution is 14.1. The predicted octanol–water partition coefficient (Wildman–Crippen LogP) is 2.49. The summed E-state index contributed by atoms with van der Waals surface area (Å²) >= 11 is 2.37. The first-order valence-corrected chi connectivity index (χ1v) is 10.0. The van der Waals surface area contributed by atoms with Crippen LogP contribution in [0.4, 0.5) is 0 Å². The fourth-order valence-corrected chi connectivity index (χ4v) is 3.60. The second-order valence-electron chi connectivity index (χ2n) is 6.43. The van der Waals surface area contributed by atoms with Crippen molar-refractivity contribution in [2.24, 2.45) is 0 Å². The Morgan fingerprint density at radius 2 is 1.89 bits per heavy atom. The summed E-state index contributed by atoms with van der Waals surface area (Å²) in [5.41, 5.74) is 2.68. The first kappa shape index (κ1) is 22.2. The van der Waals surface area contributed by atoms with Gasteiger partial charge in [-0.25, -0.2) is 9.59 Å². The maximum absolute atomic E-state index is 9.10. The highest BCUT2D eigenvalue weighted by Gasteiger charge is 2.19. The Balaban J connectivity index is 0.000000409. The molecule has 0 amide bonds. The number of fused-ring (bicyclic) bond motifs is 1. The molecular weight excluding hydrogens is 477 g/mol. The third-order valence-corrected chi connectivity index (χ3v) is 5.27. The molecule has 0 radical (unpaired) electrons. The largest absolute Gasteiger partial charge is 0.474 e. The molecule has 1 aliphatic heterocycles. The second kappa shape index (κ2) is 11.0. The average Bonchev–Trinajstić information content (AvgIpc) is 2.99. The third kappa shape index (κ3) is 6.79. The van der Waals surface area contributed by atoms with Crippen LogP contribution in [-0.4, -0.2) is 57.0 Å². The number of carbonyl (C=O) groups is 2. The van der Waals surface area contributed by atoms with E-state index in [9.17, 15) is 0 Å². The van der Waals surface area contributed by atoms with E-state index in [1.54, 1.807) is 0 Å². The molecule has 2 aromatic rings. The summed E-state index contributed by atoms with van der Waals surface area (Å²) in [6.45, 7) is 3.55. The number of carboxylic acids is 2. The van der Waals surface area contributed by atoms with Crippen LogP contribution in [0, 0.1) is 3.57 Å². The highest BCUT2D eigenvalue weighted by Crippen LogP contribution is 2.27. The summed E-state index contributed by atoms with van der Waals surface area (Å²) in [4.78, 5) is 20.5. The molecule has 0 saturated carbocycles. The Morgan fingerprint density at radius 3 is 2.50 bits per heavy atom. The van der Waals surface area contributed by atoms with Crippen LogP contribution in [-0.2, 0) is 29.1 Å². The zero-order chi connectivity index (χ0) is 20.5. The molecule has 152 valence electrons. The van der Waals surface area contributed by atoms with Crippen LogP contribution in [0.2, 0.25) is 0 Å². The van der Waals surface area contributed by atoms with E-state index >= 15 is 0 Å². The standard InChI is InChI=1S/C17H22IN3O.C2H2O4/c1-20(13-14-7-3-2-4-8-14)11-12-22-17-16(18)15-9-5-6-10-21(15)19-17;3-1(4)2(5)6/h2-4,7-8H,5-6,9-13H2,1H3;(H,3,4)(H,5,6). The van der Waals surface area contributed by atoms with E-state index in [4.69, 9.17) is 24.5 Å². The van der Waals surface area contributed by atoms with E-state index in [2.05, 4.69) is 74.7 Å². The first-order valence-electron chi connectivity index (χ1n) is 8.95. The summed E-state index contributed by atoms with van der Waals surface area (Å²) in [7, 11) is 2.12. The summed E-state index contributed by atoms with van der Waals surface area (Å²) in [5, 5.41) is 19.4. The van der Waals surface area contributed by atoms with Crippen LogP contribution in [0.15, 0.2) is 30.3 Å². The Morgan fingerprint density at radius 1 is 1.21 bits per heavy atom. The smallest absolute Gasteiger partial charge is 0.414 e. The minimum atomic E-state index is -1.82. The highest BCUT2D eigenvalue weighted by atomic mass is 127. The Kier molecular flexibility index (Phi) is 8.71. The van der Waals surface area contributed by atoms with Gasteiger partial charge in [0.05, 0.1) is 9.26 Å². The number of aliphatic carboxylic acids is 2. The molecule has 1 aromatic carbocycles. The molecule has 1 aromatic heterocycles. The molecule has 9 heteroatoms. The molecule has 0 fully saturated rings. The molecule has 0 spiro atoms. The monoisotopic (exact) mass is 501 g/mol. The zero-order valence-electron chi connectivity index (χ0n) is 15.7. The van der Waals surface area contributed by atoms with Crippen molar-refractivity contribution < 1.29 is 24.5 Å². The van der Waals surface area contributed by atoms with Gasteiger partial charge in [0.15, 0.2) is 0 Å². The molecule has 28 heavy (non-hydrogen) atoms. The van der Waals surface area contributed by atoms with Gasteiger partial charge in [0.2, 0.25) is 5.88 Å². The summed E-state index contributed by atoms with van der Waals surface area (Å²) in [6.07, 6.45) is 3.62. The number of likely N-dealkylation sites (N-methyl/N-ethyl adjacent to an activating group) is 1.